The fourth-order valence-electron chi connectivity index (χ4n) is 2.79. The van der Waals surface area contributed by atoms with Gasteiger partial charge in [0.25, 0.3) is 0 Å². The van der Waals surface area contributed by atoms with E-state index in [0.29, 0.717) is 13.1 Å². The molecule has 1 aliphatic heterocycles. The molecule has 1 saturated heterocycles. The molecule has 2 rings (SSSR count). The zero-order valence-corrected chi connectivity index (χ0v) is 15.5. The third-order valence-corrected chi connectivity index (χ3v) is 4.17. The largest absolute Gasteiger partial charge is 0.444 e. The number of hydrogen-bond donors (Lipinski definition) is 1. The van der Waals surface area contributed by atoms with Gasteiger partial charge in [-0.15, -0.1) is 0 Å². The lowest BCUT2D eigenvalue weighted by atomic mass is 10.1. The lowest BCUT2D eigenvalue weighted by Gasteiger charge is -2.36. The predicted molar refractivity (Wildman–Crippen MR) is 96.2 cm³/mol. The standard InChI is InChI=1S/C18H30N4O2/c1-6-15(19)14-11-13(2)16(20-12-14)21-7-9-22(10-8-21)17(23)24-18(3,4)5/h11-12,15H,6-10,19H2,1-5H3/t15-/m1/s1. The first-order valence-electron chi connectivity index (χ1n) is 8.66. The Morgan fingerprint density at radius 3 is 2.46 bits per heavy atom. The topological polar surface area (TPSA) is 71.7 Å². The number of aromatic nitrogens is 1. The smallest absolute Gasteiger partial charge is 0.410 e. The summed E-state index contributed by atoms with van der Waals surface area (Å²) >= 11 is 0. The molecule has 1 aliphatic rings. The van der Waals surface area contributed by atoms with Crippen LogP contribution in [-0.4, -0.2) is 47.8 Å². The second-order valence-corrected chi connectivity index (χ2v) is 7.38. The van der Waals surface area contributed by atoms with Gasteiger partial charge in [-0.25, -0.2) is 9.78 Å². The second kappa shape index (κ2) is 7.38. The van der Waals surface area contributed by atoms with Gasteiger partial charge in [-0.05, 0) is 51.3 Å². The van der Waals surface area contributed by atoms with E-state index in [9.17, 15) is 4.79 Å². The summed E-state index contributed by atoms with van der Waals surface area (Å²) in [4.78, 5) is 20.7. The third kappa shape index (κ3) is 4.60. The van der Waals surface area contributed by atoms with Crippen LogP contribution in [0.15, 0.2) is 12.3 Å². The Labute approximate surface area is 145 Å². The first kappa shape index (κ1) is 18.5. The van der Waals surface area contributed by atoms with E-state index in [1.54, 1.807) is 4.90 Å². The molecule has 6 nitrogen and oxygen atoms in total. The molecule has 134 valence electrons. The van der Waals surface area contributed by atoms with E-state index in [2.05, 4.69) is 29.8 Å². The number of pyridine rings is 1. The van der Waals surface area contributed by atoms with Crippen LogP contribution in [0.3, 0.4) is 0 Å². The molecule has 24 heavy (non-hydrogen) atoms. The summed E-state index contributed by atoms with van der Waals surface area (Å²) in [5.74, 6) is 0.978. The van der Waals surface area contributed by atoms with E-state index < -0.39 is 5.60 Å². The van der Waals surface area contributed by atoms with Gasteiger partial charge in [0.15, 0.2) is 0 Å². The van der Waals surface area contributed by atoms with Crippen molar-refractivity contribution in [2.45, 2.75) is 52.7 Å². The molecule has 1 fully saturated rings. The van der Waals surface area contributed by atoms with E-state index in [-0.39, 0.29) is 12.1 Å². The normalized spacial score (nSPS) is 16.9. The maximum absolute atomic E-state index is 12.1. The van der Waals surface area contributed by atoms with Crippen LogP contribution < -0.4 is 10.6 Å². The molecule has 0 radical (unpaired) electrons. The summed E-state index contributed by atoms with van der Waals surface area (Å²) in [7, 11) is 0. The minimum Gasteiger partial charge on any atom is -0.444 e. The molecule has 1 atom stereocenters. The molecule has 0 unspecified atom stereocenters. The van der Waals surface area contributed by atoms with Crippen LogP contribution in [-0.2, 0) is 4.74 Å². The molecule has 6 heteroatoms. The molecule has 0 bridgehead atoms. The Hall–Kier alpha value is -1.82. The van der Waals surface area contributed by atoms with Crippen molar-refractivity contribution in [2.24, 2.45) is 5.73 Å². The van der Waals surface area contributed by atoms with Crippen LogP contribution in [0.5, 0.6) is 0 Å². The number of carbonyl (C=O) groups is 1. The van der Waals surface area contributed by atoms with Crippen molar-refractivity contribution in [2.75, 3.05) is 31.1 Å². The summed E-state index contributed by atoms with van der Waals surface area (Å²) in [6.07, 6.45) is 2.53. The summed E-state index contributed by atoms with van der Waals surface area (Å²) in [5, 5.41) is 0. The molecule has 0 aromatic carbocycles. The average Bonchev–Trinajstić information content (AvgIpc) is 2.52. The molecule has 0 saturated carbocycles. The van der Waals surface area contributed by atoms with Gasteiger partial charge in [-0.1, -0.05) is 6.92 Å². The quantitative estimate of drug-likeness (QED) is 0.920. The molecule has 2 heterocycles. The van der Waals surface area contributed by atoms with Crippen molar-refractivity contribution < 1.29 is 9.53 Å². The lowest BCUT2D eigenvalue weighted by Crippen LogP contribution is -2.50. The predicted octanol–water partition coefficient (Wildman–Crippen LogP) is 2.86. The van der Waals surface area contributed by atoms with Crippen molar-refractivity contribution in [3.05, 3.63) is 23.4 Å². The van der Waals surface area contributed by atoms with Crippen molar-refractivity contribution in [1.29, 1.82) is 0 Å². The zero-order chi connectivity index (χ0) is 17.9. The highest BCUT2D eigenvalue weighted by Crippen LogP contribution is 2.23. The summed E-state index contributed by atoms with van der Waals surface area (Å²) < 4.78 is 5.44. The maximum Gasteiger partial charge on any atom is 0.410 e. The first-order chi connectivity index (χ1) is 11.2. The molecule has 2 N–H and O–H groups in total. The van der Waals surface area contributed by atoms with Crippen LogP contribution >= 0.6 is 0 Å². The van der Waals surface area contributed by atoms with Gasteiger partial charge in [-0.3, -0.25) is 0 Å². The zero-order valence-electron chi connectivity index (χ0n) is 15.5. The van der Waals surface area contributed by atoms with Gasteiger partial charge in [0, 0.05) is 38.4 Å². The van der Waals surface area contributed by atoms with Crippen LogP contribution in [0.2, 0.25) is 0 Å². The fraction of sp³-hybridized carbons (Fsp3) is 0.667. The number of piperazine rings is 1. The van der Waals surface area contributed by atoms with Crippen LogP contribution in [0.25, 0.3) is 0 Å². The second-order valence-electron chi connectivity index (χ2n) is 7.38. The average molecular weight is 334 g/mol. The highest BCUT2D eigenvalue weighted by molar-refractivity contribution is 5.68. The van der Waals surface area contributed by atoms with Gasteiger partial charge < -0.3 is 20.3 Å². The molecular weight excluding hydrogens is 304 g/mol. The van der Waals surface area contributed by atoms with Crippen LogP contribution in [0.1, 0.15) is 51.3 Å². The van der Waals surface area contributed by atoms with Crippen LogP contribution in [0, 0.1) is 6.92 Å². The van der Waals surface area contributed by atoms with Gasteiger partial charge in [0.1, 0.15) is 11.4 Å². The fourth-order valence-corrected chi connectivity index (χ4v) is 2.79. The molecule has 0 aliphatic carbocycles. The van der Waals surface area contributed by atoms with Gasteiger partial charge >= 0.3 is 6.09 Å². The van der Waals surface area contributed by atoms with Gasteiger partial charge in [0.05, 0.1) is 0 Å². The van der Waals surface area contributed by atoms with Crippen LogP contribution in [0.4, 0.5) is 10.6 Å². The minimum atomic E-state index is -0.458. The van der Waals surface area contributed by atoms with Gasteiger partial charge in [0.2, 0.25) is 0 Å². The van der Waals surface area contributed by atoms with E-state index in [4.69, 9.17) is 10.5 Å². The van der Waals surface area contributed by atoms with Crippen molar-refractivity contribution in [3.8, 4) is 0 Å². The van der Waals surface area contributed by atoms with E-state index in [0.717, 1.165) is 36.5 Å². The molecule has 1 aromatic rings. The number of amides is 1. The summed E-state index contributed by atoms with van der Waals surface area (Å²) in [5.41, 5.74) is 7.83. The van der Waals surface area contributed by atoms with Gasteiger partial charge in [-0.2, -0.15) is 0 Å². The summed E-state index contributed by atoms with van der Waals surface area (Å²) in [6.45, 7) is 12.6. The number of nitrogens with two attached hydrogens (primary N) is 1. The highest BCUT2D eigenvalue weighted by atomic mass is 16.6. The Morgan fingerprint density at radius 1 is 1.33 bits per heavy atom. The Bertz CT molecular complexity index is 575. The monoisotopic (exact) mass is 334 g/mol. The van der Waals surface area contributed by atoms with E-state index in [1.165, 1.54) is 0 Å². The summed E-state index contributed by atoms with van der Waals surface area (Å²) in [6, 6.07) is 2.16. The van der Waals surface area contributed by atoms with Crippen molar-refractivity contribution in [3.63, 3.8) is 0 Å². The number of nitrogens with zero attached hydrogens (tertiary/aromatic N) is 3. The van der Waals surface area contributed by atoms with Crippen molar-refractivity contribution >= 4 is 11.9 Å². The number of ether oxygens (including phenoxy) is 1. The first-order valence-corrected chi connectivity index (χ1v) is 8.66. The minimum absolute atomic E-state index is 0.0364. The van der Waals surface area contributed by atoms with E-state index >= 15 is 0 Å². The number of anilines is 1. The SMILES string of the molecule is CC[C@@H](N)c1cnc(N2CCN(C(=O)OC(C)(C)C)CC2)c(C)c1. The van der Waals surface area contributed by atoms with Crippen molar-refractivity contribution in [1.82, 2.24) is 9.88 Å². The number of carbonyl (C=O) groups excluding carboxylic acids is 1. The third-order valence-electron chi connectivity index (χ3n) is 4.17. The Balaban J connectivity index is 1.98. The maximum atomic E-state index is 12.1. The molecular formula is C18H30N4O2. The molecule has 1 aromatic heterocycles. The van der Waals surface area contributed by atoms with E-state index in [1.807, 2.05) is 27.0 Å². The molecule has 1 amide bonds. The number of hydrogen-bond acceptors (Lipinski definition) is 5. The number of rotatable bonds is 3. The Morgan fingerprint density at radius 2 is 1.96 bits per heavy atom. The lowest BCUT2D eigenvalue weighted by molar-refractivity contribution is 0.0240. The molecule has 0 spiro atoms. The highest BCUT2D eigenvalue weighted by Gasteiger charge is 2.26. The number of aryl methyl sites for hydroxylation is 1. The Kier molecular flexibility index (Phi) is 5.70.